The van der Waals surface area contributed by atoms with Gasteiger partial charge in [-0.3, -0.25) is 10.0 Å². The van der Waals surface area contributed by atoms with E-state index >= 15 is 0 Å². The zero-order valence-electron chi connectivity index (χ0n) is 21.3. The van der Waals surface area contributed by atoms with E-state index in [1.807, 2.05) is 0 Å². The molecular weight excluding hydrogens is 536 g/mol. The van der Waals surface area contributed by atoms with Crippen LogP contribution in [0.2, 0.25) is 0 Å². The molecule has 0 saturated heterocycles. The Morgan fingerprint density at radius 2 is 1.62 bits per heavy atom. The van der Waals surface area contributed by atoms with Crippen LogP contribution in [-0.2, 0) is 24.8 Å². The van der Waals surface area contributed by atoms with E-state index in [1.54, 1.807) is 71.1 Å². The van der Waals surface area contributed by atoms with Crippen molar-refractivity contribution in [1.29, 1.82) is 0 Å². The summed E-state index contributed by atoms with van der Waals surface area (Å²) >= 11 is 1.28. The number of hydrogen-bond acceptors (Lipinski definition) is 8. The number of ether oxygens (including phenoxy) is 1. The molecule has 200 valence electrons. The predicted octanol–water partition coefficient (Wildman–Crippen LogP) is 4.88. The molecule has 1 heterocycles. The zero-order chi connectivity index (χ0) is 27.6. The quantitative estimate of drug-likeness (QED) is 0.352. The number of nitrogens with zero attached hydrogens (tertiary/aromatic N) is 1. The molecule has 0 spiro atoms. The molecule has 0 bridgehead atoms. The molecule has 1 aromatic heterocycles. The third kappa shape index (κ3) is 8.25. The maximum absolute atomic E-state index is 13.3. The average molecular weight is 567 g/mol. The second-order valence-electron chi connectivity index (χ2n) is 9.63. The largest absolute Gasteiger partial charge is 0.447 e. The van der Waals surface area contributed by atoms with Crippen molar-refractivity contribution in [2.75, 3.05) is 16.3 Å². The van der Waals surface area contributed by atoms with Crippen molar-refractivity contribution in [3.8, 4) is 21.0 Å². The summed E-state index contributed by atoms with van der Waals surface area (Å²) in [5, 5.41) is 3.28. The normalized spacial score (nSPS) is 12.4. The van der Waals surface area contributed by atoms with Gasteiger partial charge in [0, 0.05) is 34.2 Å². The van der Waals surface area contributed by atoms with Crippen molar-refractivity contribution < 1.29 is 26.4 Å². The molecule has 3 aromatic rings. The molecule has 13 heteroatoms. The molecule has 2 aromatic carbocycles. The molecule has 0 aliphatic heterocycles. The smallest absolute Gasteiger partial charge is 0.411 e. The number of sulfonamides is 2. The highest BCUT2D eigenvalue weighted by atomic mass is 32.2. The number of rotatable bonds is 8. The molecule has 3 rings (SSSR count). The lowest BCUT2D eigenvalue weighted by Crippen LogP contribution is -2.40. The van der Waals surface area contributed by atoms with Crippen LogP contribution in [0.1, 0.15) is 34.6 Å². The molecule has 0 radical (unpaired) electrons. The molecule has 0 unspecified atom stereocenters. The minimum Gasteiger partial charge on any atom is -0.447 e. The highest BCUT2D eigenvalue weighted by Gasteiger charge is 2.26. The van der Waals surface area contributed by atoms with Crippen LogP contribution in [-0.4, -0.2) is 45.8 Å². The van der Waals surface area contributed by atoms with Gasteiger partial charge in [0.1, 0.15) is 5.01 Å². The minimum absolute atomic E-state index is 0.0745. The lowest BCUT2D eigenvalue weighted by Gasteiger charge is -2.22. The Kier molecular flexibility index (Phi) is 8.32. The summed E-state index contributed by atoms with van der Waals surface area (Å²) in [5.41, 5.74) is 1.08. The third-order valence-corrected chi connectivity index (χ3v) is 7.99. The Hall–Kier alpha value is -3.00. The first-order valence-corrected chi connectivity index (χ1v) is 15.4. The van der Waals surface area contributed by atoms with Gasteiger partial charge >= 0.3 is 6.09 Å². The standard InChI is InChI=1S/C24H30N4O6S3/c1-15(2)34-23(29)26-17-9-7-16(8-10-17)22-25-14-20(35-22)19-12-11-18(27-36(6,30)31)13-21(19)37(32,33)28-24(3,4)5/h7-15,27-28H,1-6H3,(H,26,29). The number of benzene rings is 2. The van der Waals surface area contributed by atoms with Crippen LogP contribution < -0.4 is 14.8 Å². The Balaban J connectivity index is 1.96. The summed E-state index contributed by atoms with van der Waals surface area (Å²) in [4.78, 5) is 16.8. The van der Waals surface area contributed by atoms with Crippen molar-refractivity contribution in [2.45, 2.75) is 51.2 Å². The fraction of sp³-hybridized carbons (Fsp3) is 0.333. The van der Waals surface area contributed by atoms with Crippen molar-refractivity contribution in [3.05, 3.63) is 48.7 Å². The van der Waals surface area contributed by atoms with Crippen LogP contribution in [0.5, 0.6) is 0 Å². The minimum atomic E-state index is -4.01. The number of anilines is 2. The second kappa shape index (κ2) is 10.8. The molecule has 3 N–H and O–H groups in total. The van der Waals surface area contributed by atoms with Gasteiger partial charge in [0.05, 0.1) is 22.1 Å². The monoisotopic (exact) mass is 566 g/mol. The van der Waals surface area contributed by atoms with E-state index in [4.69, 9.17) is 4.74 Å². The lowest BCUT2D eigenvalue weighted by atomic mass is 10.1. The van der Waals surface area contributed by atoms with E-state index in [9.17, 15) is 21.6 Å². The van der Waals surface area contributed by atoms with Crippen molar-refractivity contribution in [2.24, 2.45) is 0 Å². The van der Waals surface area contributed by atoms with Crippen molar-refractivity contribution in [3.63, 3.8) is 0 Å². The summed E-state index contributed by atoms with van der Waals surface area (Å²) in [5.74, 6) is 0. The molecule has 0 aliphatic rings. The van der Waals surface area contributed by atoms with Gasteiger partial charge in [0.15, 0.2) is 0 Å². The van der Waals surface area contributed by atoms with E-state index in [0.717, 1.165) is 11.8 Å². The SMILES string of the molecule is CC(C)OC(=O)Nc1ccc(-c2ncc(-c3ccc(NS(C)(=O)=O)cc3S(=O)(=O)NC(C)(C)C)s2)cc1. The van der Waals surface area contributed by atoms with Gasteiger partial charge in [-0.25, -0.2) is 31.3 Å². The van der Waals surface area contributed by atoms with E-state index in [-0.39, 0.29) is 16.7 Å². The molecule has 10 nitrogen and oxygen atoms in total. The van der Waals surface area contributed by atoms with Gasteiger partial charge in [-0.2, -0.15) is 0 Å². The molecule has 0 aliphatic carbocycles. The van der Waals surface area contributed by atoms with E-state index in [1.165, 1.54) is 23.5 Å². The van der Waals surface area contributed by atoms with Crippen LogP contribution in [0.3, 0.4) is 0 Å². The molecule has 37 heavy (non-hydrogen) atoms. The van der Waals surface area contributed by atoms with Gasteiger partial charge in [-0.15, -0.1) is 11.3 Å². The van der Waals surface area contributed by atoms with E-state index in [0.29, 0.717) is 21.1 Å². The fourth-order valence-corrected chi connectivity index (χ4v) is 6.52. The van der Waals surface area contributed by atoms with Gasteiger partial charge < -0.3 is 4.74 Å². The van der Waals surface area contributed by atoms with Gasteiger partial charge in [-0.1, -0.05) is 6.07 Å². The van der Waals surface area contributed by atoms with Crippen molar-refractivity contribution in [1.82, 2.24) is 9.71 Å². The molecule has 1 amide bonds. The number of carbonyl (C=O) groups is 1. The topological polar surface area (TPSA) is 144 Å². The Morgan fingerprint density at radius 3 is 2.19 bits per heavy atom. The molecule has 0 fully saturated rings. The van der Waals surface area contributed by atoms with Crippen LogP contribution in [0.4, 0.5) is 16.2 Å². The lowest BCUT2D eigenvalue weighted by molar-refractivity contribution is 0.130. The van der Waals surface area contributed by atoms with Gasteiger partial charge in [-0.05, 0) is 71.0 Å². The summed E-state index contributed by atoms with van der Waals surface area (Å²) in [6.07, 6.45) is 1.77. The summed E-state index contributed by atoms with van der Waals surface area (Å²) < 4.78 is 60.0. The molecular formula is C24H30N4O6S3. The van der Waals surface area contributed by atoms with Gasteiger partial charge in [0.2, 0.25) is 20.0 Å². The first-order chi connectivity index (χ1) is 17.0. The Morgan fingerprint density at radius 1 is 1.00 bits per heavy atom. The highest BCUT2D eigenvalue weighted by Crippen LogP contribution is 2.37. The number of hydrogen-bond donors (Lipinski definition) is 3. The molecule has 0 atom stereocenters. The summed E-state index contributed by atoms with van der Waals surface area (Å²) in [7, 11) is -7.62. The maximum Gasteiger partial charge on any atom is 0.411 e. The second-order valence-corrected chi connectivity index (χ2v) is 14.1. The first kappa shape index (κ1) is 28.6. The number of thiazole rings is 1. The van der Waals surface area contributed by atoms with E-state index < -0.39 is 31.7 Å². The number of nitrogens with one attached hydrogen (secondary N) is 3. The predicted molar refractivity (Wildman–Crippen MR) is 147 cm³/mol. The summed E-state index contributed by atoms with van der Waals surface area (Å²) in [6, 6.07) is 11.3. The maximum atomic E-state index is 13.3. The zero-order valence-corrected chi connectivity index (χ0v) is 23.8. The van der Waals surface area contributed by atoms with Crippen LogP contribution >= 0.6 is 11.3 Å². The van der Waals surface area contributed by atoms with Crippen LogP contribution in [0.25, 0.3) is 21.0 Å². The van der Waals surface area contributed by atoms with Crippen LogP contribution in [0.15, 0.2) is 53.6 Å². The fourth-order valence-electron chi connectivity index (χ4n) is 3.27. The summed E-state index contributed by atoms with van der Waals surface area (Å²) in [6.45, 7) is 8.67. The molecule has 0 saturated carbocycles. The Bertz CT molecular complexity index is 1490. The highest BCUT2D eigenvalue weighted by molar-refractivity contribution is 7.92. The van der Waals surface area contributed by atoms with E-state index in [2.05, 4.69) is 19.7 Å². The average Bonchev–Trinajstić information content (AvgIpc) is 3.21. The number of aromatic nitrogens is 1. The van der Waals surface area contributed by atoms with Crippen molar-refractivity contribution >= 4 is 48.9 Å². The van der Waals surface area contributed by atoms with Gasteiger partial charge in [0.25, 0.3) is 0 Å². The number of carbonyl (C=O) groups excluding carboxylic acids is 1. The Labute approximate surface area is 221 Å². The van der Waals surface area contributed by atoms with Crippen LogP contribution in [0, 0.1) is 0 Å². The number of amides is 1. The third-order valence-electron chi connectivity index (χ3n) is 4.51. The first-order valence-electron chi connectivity index (χ1n) is 11.2.